The summed E-state index contributed by atoms with van der Waals surface area (Å²) >= 11 is 0. The average Bonchev–Trinajstić information content (AvgIpc) is 3.26. The molecule has 30 heavy (non-hydrogen) atoms. The van der Waals surface area contributed by atoms with Crippen molar-refractivity contribution in [3.05, 3.63) is 77.7 Å². The Morgan fingerprint density at radius 2 is 1.77 bits per heavy atom. The number of fused-ring (bicyclic) bond motifs is 1. The Kier molecular flexibility index (Phi) is 5.56. The minimum atomic E-state index is -0.879. The van der Waals surface area contributed by atoms with Crippen molar-refractivity contribution >= 4 is 11.8 Å². The lowest BCUT2D eigenvalue weighted by Gasteiger charge is -2.25. The molecule has 3 aromatic rings. The monoisotopic (exact) mass is 408 g/mol. The van der Waals surface area contributed by atoms with Crippen LogP contribution in [0.25, 0.3) is 0 Å². The first-order valence-electron chi connectivity index (χ1n) is 9.35. The number of hydrogen-bond donors (Lipinski definition) is 2. The first-order chi connectivity index (χ1) is 14.6. The number of rotatable bonds is 5. The van der Waals surface area contributed by atoms with Crippen LogP contribution in [0.2, 0.25) is 0 Å². The minimum absolute atomic E-state index is 0.0416. The van der Waals surface area contributed by atoms with Crippen LogP contribution in [-0.4, -0.2) is 24.5 Å². The maximum Gasteiger partial charge on any atom is 0.305 e. The highest BCUT2D eigenvalue weighted by atomic mass is 16.6. The van der Waals surface area contributed by atoms with Gasteiger partial charge in [-0.3, -0.25) is 20.4 Å². The van der Waals surface area contributed by atoms with Gasteiger partial charge in [0.2, 0.25) is 6.10 Å². The van der Waals surface area contributed by atoms with Crippen molar-refractivity contribution in [3.63, 3.8) is 0 Å². The summed E-state index contributed by atoms with van der Waals surface area (Å²) in [5.41, 5.74) is 5.76. The van der Waals surface area contributed by atoms with Gasteiger partial charge in [0.25, 0.3) is 5.91 Å². The van der Waals surface area contributed by atoms with Gasteiger partial charge in [-0.15, -0.1) is 0 Å². The van der Waals surface area contributed by atoms with Gasteiger partial charge in [0.1, 0.15) is 24.7 Å². The summed E-state index contributed by atoms with van der Waals surface area (Å²) in [6.07, 6.45) is -0.879. The van der Waals surface area contributed by atoms with Crippen molar-refractivity contribution < 1.29 is 28.2 Å². The quantitative estimate of drug-likeness (QED) is 0.630. The molecular formula is C22H20N2O6. The smallest absolute Gasteiger partial charge is 0.305 e. The highest BCUT2D eigenvalue weighted by molar-refractivity contribution is 5.93. The Morgan fingerprint density at radius 3 is 2.57 bits per heavy atom. The van der Waals surface area contributed by atoms with Gasteiger partial charge in [-0.2, -0.15) is 0 Å². The lowest BCUT2D eigenvalue weighted by molar-refractivity contribution is -0.131. The van der Waals surface area contributed by atoms with E-state index in [9.17, 15) is 9.59 Å². The standard InChI is InChI=1S/C22H20N2O6/c1-14-6-8-15(9-7-14)27-12-16-10-11-19(29-16)21(25)23-24-22(26)20-13-28-17-4-2-3-5-18(17)30-20/h2-11,20H,12-13H2,1H3,(H,23,25)(H,24,26). The molecule has 2 heterocycles. The van der Waals surface area contributed by atoms with Gasteiger partial charge >= 0.3 is 5.91 Å². The van der Waals surface area contributed by atoms with Crippen LogP contribution in [-0.2, 0) is 11.4 Å². The Hall–Kier alpha value is -3.94. The second kappa shape index (κ2) is 8.60. The van der Waals surface area contributed by atoms with E-state index in [4.69, 9.17) is 18.6 Å². The lowest BCUT2D eigenvalue weighted by atomic mass is 10.2. The second-order valence-electron chi connectivity index (χ2n) is 6.68. The van der Waals surface area contributed by atoms with E-state index in [1.165, 1.54) is 6.07 Å². The summed E-state index contributed by atoms with van der Waals surface area (Å²) in [5.74, 6) is 1.14. The van der Waals surface area contributed by atoms with Crippen LogP contribution in [0.15, 0.2) is 65.1 Å². The SMILES string of the molecule is Cc1ccc(OCc2ccc(C(=O)NNC(=O)C3COc4ccccc4O3)o2)cc1. The molecule has 2 amide bonds. The zero-order chi connectivity index (χ0) is 20.9. The molecule has 0 radical (unpaired) electrons. The molecule has 1 unspecified atom stereocenters. The van der Waals surface area contributed by atoms with Gasteiger partial charge in [-0.05, 0) is 43.3 Å². The van der Waals surface area contributed by atoms with Gasteiger partial charge in [-0.1, -0.05) is 29.8 Å². The predicted octanol–water partition coefficient (Wildman–Crippen LogP) is 2.77. The van der Waals surface area contributed by atoms with Crippen LogP contribution in [0, 0.1) is 6.92 Å². The third-order valence-electron chi connectivity index (χ3n) is 4.39. The molecule has 0 fully saturated rings. The molecule has 0 saturated heterocycles. The van der Waals surface area contributed by atoms with E-state index >= 15 is 0 Å². The molecule has 2 N–H and O–H groups in total. The topological polar surface area (TPSA) is 99.0 Å². The maximum atomic E-state index is 12.3. The number of amides is 2. The summed E-state index contributed by atoms with van der Waals surface area (Å²) in [6, 6.07) is 17.8. The fourth-order valence-electron chi connectivity index (χ4n) is 2.78. The lowest BCUT2D eigenvalue weighted by Crippen LogP contribution is -2.50. The highest BCUT2D eigenvalue weighted by Crippen LogP contribution is 2.30. The first-order valence-corrected chi connectivity index (χ1v) is 9.35. The molecule has 4 rings (SSSR count). The number of benzene rings is 2. The second-order valence-corrected chi connectivity index (χ2v) is 6.68. The molecule has 1 aliphatic rings. The zero-order valence-electron chi connectivity index (χ0n) is 16.2. The van der Waals surface area contributed by atoms with Gasteiger partial charge in [0.05, 0.1) is 0 Å². The minimum Gasteiger partial charge on any atom is -0.486 e. The van der Waals surface area contributed by atoms with Gasteiger partial charge in [-0.25, -0.2) is 0 Å². The summed E-state index contributed by atoms with van der Waals surface area (Å²) in [7, 11) is 0. The average molecular weight is 408 g/mol. The van der Waals surface area contributed by atoms with E-state index in [-0.39, 0.29) is 19.0 Å². The van der Waals surface area contributed by atoms with E-state index < -0.39 is 17.9 Å². The predicted molar refractivity (Wildman–Crippen MR) is 106 cm³/mol. The van der Waals surface area contributed by atoms with E-state index in [1.54, 1.807) is 24.3 Å². The first kappa shape index (κ1) is 19.4. The number of hydrazine groups is 1. The molecule has 8 nitrogen and oxygen atoms in total. The fraction of sp³-hybridized carbons (Fsp3) is 0.182. The normalized spacial score (nSPS) is 14.6. The Morgan fingerprint density at radius 1 is 1.00 bits per heavy atom. The molecular weight excluding hydrogens is 388 g/mol. The number of carbonyl (C=O) groups is 2. The van der Waals surface area contributed by atoms with Crippen LogP contribution in [0.3, 0.4) is 0 Å². The molecule has 0 bridgehead atoms. The van der Waals surface area contributed by atoms with Crippen LogP contribution in [0.4, 0.5) is 0 Å². The van der Waals surface area contributed by atoms with E-state index in [1.807, 2.05) is 37.3 Å². The summed E-state index contributed by atoms with van der Waals surface area (Å²) in [6.45, 7) is 2.21. The largest absolute Gasteiger partial charge is 0.486 e. The molecule has 0 saturated carbocycles. The van der Waals surface area contributed by atoms with Gasteiger partial charge in [0, 0.05) is 0 Å². The number of ether oxygens (including phenoxy) is 3. The van der Waals surface area contributed by atoms with Gasteiger partial charge in [0.15, 0.2) is 17.3 Å². The number of aryl methyl sites for hydroxylation is 1. The van der Waals surface area contributed by atoms with Crippen molar-refractivity contribution in [2.24, 2.45) is 0 Å². The third-order valence-corrected chi connectivity index (χ3v) is 4.39. The molecule has 1 aromatic heterocycles. The Bertz CT molecular complexity index is 1040. The van der Waals surface area contributed by atoms with Crippen molar-refractivity contribution in [3.8, 4) is 17.2 Å². The van der Waals surface area contributed by atoms with Crippen LogP contribution >= 0.6 is 0 Å². The molecule has 1 aliphatic heterocycles. The third kappa shape index (κ3) is 4.54. The molecule has 0 aliphatic carbocycles. The molecule has 0 spiro atoms. The summed E-state index contributed by atoms with van der Waals surface area (Å²) in [4.78, 5) is 24.5. The van der Waals surface area contributed by atoms with Crippen molar-refractivity contribution in [1.82, 2.24) is 10.9 Å². The molecule has 8 heteroatoms. The van der Waals surface area contributed by atoms with E-state index in [2.05, 4.69) is 10.9 Å². The number of carbonyl (C=O) groups excluding carboxylic acids is 2. The fourth-order valence-corrected chi connectivity index (χ4v) is 2.78. The number of para-hydroxylation sites is 2. The van der Waals surface area contributed by atoms with Crippen LogP contribution < -0.4 is 25.1 Å². The van der Waals surface area contributed by atoms with Crippen molar-refractivity contribution in [1.29, 1.82) is 0 Å². The van der Waals surface area contributed by atoms with E-state index in [0.29, 0.717) is 23.0 Å². The van der Waals surface area contributed by atoms with Crippen molar-refractivity contribution in [2.75, 3.05) is 6.61 Å². The Balaban J connectivity index is 1.26. The van der Waals surface area contributed by atoms with Crippen LogP contribution in [0.1, 0.15) is 21.9 Å². The molecule has 154 valence electrons. The zero-order valence-corrected chi connectivity index (χ0v) is 16.2. The number of nitrogens with one attached hydrogen (secondary N) is 2. The molecule has 2 aromatic carbocycles. The van der Waals surface area contributed by atoms with E-state index in [0.717, 1.165) is 5.56 Å². The number of hydrogen-bond acceptors (Lipinski definition) is 6. The van der Waals surface area contributed by atoms with Crippen molar-refractivity contribution in [2.45, 2.75) is 19.6 Å². The maximum absolute atomic E-state index is 12.3. The summed E-state index contributed by atoms with van der Waals surface area (Å²) in [5, 5.41) is 0. The number of furan rings is 1. The highest BCUT2D eigenvalue weighted by Gasteiger charge is 2.27. The van der Waals surface area contributed by atoms with Crippen LogP contribution in [0.5, 0.6) is 17.2 Å². The van der Waals surface area contributed by atoms with Gasteiger partial charge < -0.3 is 18.6 Å². The molecule has 1 atom stereocenters. The summed E-state index contributed by atoms with van der Waals surface area (Å²) < 4.78 is 22.2. The Labute approximate surface area is 172 Å².